The summed E-state index contributed by atoms with van der Waals surface area (Å²) in [7, 11) is 1.62. The molecule has 0 bridgehead atoms. The van der Waals surface area contributed by atoms with Gasteiger partial charge in [0.05, 0.1) is 26.9 Å². The molecule has 2 rings (SSSR count). The summed E-state index contributed by atoms with van der Waals surface area (Å²) >= 11 is 0. The minimum Gasteiger partial charge on any atom is -0.497 e. The van der Waals surface area contributed by atoms with Crippen LogP contribution in [0.4, 0.5) is 0 Å². The Balaban J connectivity index is 1.73. The molecule has 1 aliphatic rings. The average molecular weight is 294 g/mol. The molecule has 1 aromatic rings. The second-order valence-corrected chi connectivity index (χ2v) is 4.93. The first-order chi connectivity index (χ1) is 10.2. The molecular formula is C15H22N2O4. The lowest BCUT2D eigenvalue weighted by molar-refractivity contribution is -0.126. The van der Waals surface area contributed by atoms with Crippen LogP contribution in [0, 0.1) is 0 Å². The van der Waals surface area contributed by atoms with E-state index >= 15 is 0 Å². The quantitative estimate of drug-likeness (QED) is 0.803. The maximum absolute atomic E-state index is 11.9. The molecule has 1 aromatic carbocycles. The molecule has 1 amide bonds. The molecule has 1 fully saturated rings. The summed E-state index contributed by atoms with van der Waals surface area (Å²) in [6.45, 7) is 4.13. The third-order valence-electron chi connectivity index (χ3n) is 3.20. The molecular weight excluding hydrogens is 272 g/mol. The van der Waals surface area contributed by atoms with Gasteiger partial charge in [-0.2, -0.15) is 0 Å². The van der Waals surface area contributed by atoms with Gasteiger partial charge in [0, 0.05) is 6.54 Å². The van der Waals surface area contributed by atoms with Crippen molar-refractivity contribution in [1.29, 1.82) is 0 Å². The molecule has 2 N–H and O–H groups in total. The summed E-state index contributed by atoms with van der Waals surface area (Å²) < 4.78 is 16.1. The fourth-order valence-electron chi connectivity index (χ4n) is 2.03. The summed E-state index contributed by atoms with van der Waals surface area (Å²) in [6, 6.07) is 7.09. The lowest BCUT2D eigenvalue weighted by Gasteiger charge is -2.24. The van der Waals surface area contributed by atoms with Crippen molar-refractivity contribution in [2.75, 3.05) is 33.4 Å². The van der Waals surface area contributed by atoms with Gasteiger partial charge in [0.2, 0.25) is 5.91 Å². The van der Waals surface area contributed by atoms with E-state index in [1.54, 1.807) is 7.11 Å². The van der Waals surface area contributed by atoms with Crippen LogP contribution in [-0.2, 0) is 9.53 Å². The first kappa shape index (κ1) is 15.6. The van der Waals surface area contributed by atoms with E-state index < -0.39 is 0 Å². The van der Waals surface area contributed by atoms with E-state index in [1.165, 1.54) is 0 Å². The van der Waals surface area contributed by atoms with Crippen LogP contribution >= 0.6 is 0 Å². The second-order valence-electron chi connectivity index (χ2n) is 4.93. The number of hydrogen-bond donors (Lipinski definition) is 2. The number of amides is 1. The number of benzene rings is 1. The molecule has 2 unspecified atom stereocenters. The molecule has 21 heavy (non-hydrogen) atoms. The molecule has 0 saturated carbocycles. The van der Waals surface area contributed by atoms with E-state index in [2.05, 4.69) is 10.6 Å². The van der Waals surface area contributed by atoms with Crippen molar-refractivity contribution < 1.29 is 19.0 Å². The lowest BCUT2D eigenvalue weighted by atomic mass is 10.2. The van der Waals surface area contributed by atoms with Crippen LogP contribution < -0.4 is 20.1 Å². The van der Waals surface area contributed by atoms with Gasteiger partial charge in [0.15, 0.2) is 0 Å². The number of rotatable bonds is 6. The van der Waals surface area contributed by atoms with Crippen LogP contribution in [-0.4, -0.2) is 51.5 Å². The Morgan fingerprint density at radius 2 is 2.14 bits per heavy atom. The molecule has 6 nitrogen and oxygen atoms in total. The molecule has 6 heteroatoms. The fraction of sp³-hybridized carbons (Fsp3) is 0.533. The minimum atomic E-state index is -0.271. The number of hydrogen-bond acceptors (Lipinski definition) is 5. The molecule has 0 radical (unpaired) electrons. The largest absolute Gasteiger partial charge is 0.497 e. The van der Waals surface area contributed by atoms with Crippen molar-refractivity contribution in [3.8, 4) is 11.5 Å². The van der Waals surface area contributed by atoms with Crippen molar-refractivity contribution in [1.82, 2.24) is 10.6 Å². The summed E-state index contributed by atoms with van der Waals surface area (Å²) in [5, 5.41) is 5.98. The van der Waals surface area contributed by atoms with Crippen molar-refractivity contribution in [3.63, 3.8) is 0 Å². The smallest absolute Gasteiger partial charge is 0.239 e. The molecule has 1 saturated heterocycles. The highest BCUT2D eigenvalue weighted by Crippen LogP contribution is 2.17. The van der Waals surface area contributed by atoms with Crippen LogP contribution in [0.1, 0.15) is 6.92 Å². The van der Waals surface area contributed by atoms with Gasteiger partial charge < -0.3 is 24.8 Å². The second kappa shape index (κ2) is 7.85. The highest BCUT2D eigenvalue weighted by atomic mass is 16.5. The molecule has 2 atom stereocenters. The summed E-state index contributed by atoms with van der Waals surface area (Å²) in [4.78, 5) is 11.9. The van der Waals surface area contributed by atoms with Crippen LogP contribution in [0.5, 0.6) is 11.5 Å². The Morgan fingerprint density at radius 3 is 2.76 bits per heavy atom. The molecule has 0 aliphatic carbocycles. The van der Waals surface area contributed by atoms with Crippen LogP contribution in [0.2, 0.25) is 0 Å². The predicted molar refractivity (Wildman–Crippen MR) is 78.7 cm³/mol. The third kappa shape index (κ3) is 4.91. The van der Waals surface area contributed by atoms with Gasteiger partial charge in [-0.25, -0.2) is 0 Å². The highest BCUT2D eigenvalue weighted by Gasteiger charge is 2.21. The normalized spacial score (nSPS) is 19.6. The number of methoxy groups -OCH3 is 1. The molecule has 116 valence electrons. The van der Waals surface area contributed by atoms with E-state index in [4.69, 9.17) is 14.2 Å². The van der Waals surface area contributed by atoms with E-state index in [9.17, 15) is 4.79 Å². The van der Waals surface area contributed by atoms with Crippen molar-refractivity contribution in [2.45, 2.75) is 19.1 Å². The monoisotopic (exact) mass is 294 g/mol. The van der Waals surface area contributed by atoms with Crippen molar-refractivity contribution >= 4 is 5.91 Å². The Hall–Kier alpha value is -1.79. The summed E-state index contributed by atoms with van der Waals surface area (Å²) in [5.74, 6) is 1.48. The van der Waals surface area contributed by atoms with Crippen LogP contribution in [0.15, 0.2) is 24.3 Å². The number of carbonyl (C=O) groups excluding carboxylic acids is 1. The SMILES string of the molecule is COc1ccc(OC(C)CNC(=O)C2COCCN2)cc1. The zero-order valence-electron chi connectivity index (χ0n) is 12.4. The van der Waals surface area contributed by atoms with Gasteiger partial charge in [-0.3, -0.25) is 4.79 Å². The minimum absolute atomic E-state index is 0.0557. The number of ether oxygens (including phenoxy) is 3. The molecule has 0 spiro atoms. The van der Waals surface area contributed by atoms with E-state index in [1.807, 2.05) is 31.2 Å². The number of nitrogens with one attached hydrogen (secondary N) is 2. The predicted octanol–water partition coefficient (Wildman–Crippen LogP) is 0.567. The third-order valence-corrected chi connectivity index (χ3v) is 3.20. The van der Waals surface area contributed by atoms with Crippen molar-refractivity contribution in [2.24, 2.45) is 0 Å². The Labute approximate surface area is 124 Å². The van der Waals surface area contributed by atoms with Gasteiger partial charge in [-0.15, -0.1) is 0 Å². The maximum Gasteiger partial charge on any atom is 0.239 e. The highest BCUT2D eigenvalue weighted by molar-refractivity contribution is 5.82. The van der Waals surface area contributed by atoms with Gasteiger partial charge in [-0.05, 0) is 31.2 Å². The Kier molecular flexibility index (Phi) is 5.83. The average Bonchev–Trinajstić information content (AvgIpc) is 2.54. The van der Waals surface area contributed by atoms with Crippen molar-refractivity contribution in [3.05, 3.63) is 24.3 Å². The van der Waals surface area contributed by atoms with Gasteiger partial charge in [0.1, 0.15) is 23.6 Å². The Bertz CT molecular complexity index is 443. The summed E-state index contributed by atoms with van der Waals surface area (Å²) in [6.07, 6.45) is -0.119. The van der Waals surface area contributed by atoms with Gasteiger partial charge in [-0.1, -0.05) is 0 Å². The lowest BCUT2D eigenvalue weighted by Crippen LogP contribution is -2.52. The van der Waals surface area contributed by atoms with Gasteiger partial charge in [0.25, 0.3) is 0 Å². The summed E-state index contributed by atoms with van der Waals surface area (Å²) in [5.41, 5.74) is 0. The van der Waals surface area contributed by atoms with Gasteiger partial charge >= 0.3 is 0 Å². The Morgan fingerprint density at radius 1 is 1.43 bits per heavy atom. The van der Waals surface area contributed by atoms with E-state index in [0.29, 0.717) is 26.3 Å². The van der Waals surface area contributed by atoms with E-state index in [-0.39, 0.29) is 18.1 Å². The van der Waals surface area contributed by atoms with Crippen LogP contribution in [0.3, 0.4) is 0 Å². The molecule has 0 aromatic heterocycles. The first-order valence-electron chi connectivity index (χ1n) is 7.08. The van der Waals surface area contributed by atoms with Crippen LogP contribution in [0.25, 0.3) is 0 Å². The fourth-order valence-corrected chi connectivity index (χ4v) is 2.03. The maximum atomic E-state index is 11.9. The number of carbonyl (C=O) groups is 1. The zero-order valence-corrected chi connectivity index (χ0v) is 12.4. The molecule has 1 heterocycles. The zero-order chi connectivity index (χ0) is 15.1. The number of morpholine rings is 1. The first-order valence-corrected chi connectivity index (χ1v) is 7.08. The molecule has 1 aliphatic heterocycles. The topological polar surface area (TPSA) is 68.8 Å². The standard InChI is InChI=1S/C15H22N2O4/c1-11(21-13-5-3-12(19-2)4-6-13)9-17-15(18)14-10-20-8-7-16-14/h3-6,11,14,16H,7-10H2,1-2H3,(H,17,18). The van der Waals surface area contributed by atoms with E-state index in [0.717, 1.165) is 11.5 Å².